The van der Waals surface area contributed by atoms with Gasteiger partial charge in [0.1, 0.15) is 23.0 Å². The largest absolute Gasteiger partial charge is 0.508 e. The SMILES string of the molecule is COc1ccc2c(c1)cc(OC)c1cc(O)cc(O)c12. The monoisotopic (exact) mass is 270 g/mol. The minimum absolute atomic E-state index is 0.00108. The van der Waals surface area contributed by atoms with Crippen LogP contribution in [0.1, 0.15) is 0 Å². The van der Waals surface area contributed by atoms with Crippen LogP contribution >= 0.6 is 0 Å². The Morgan fingerprint density at radius 2 is 1.65 bits per heavy atom. The molecule has 0 bridgehead atoms. The standard InChI is InChI=1S/C16H14O4/c1-19-11-3-4-12-9(5-11)6-15(20-2)13-7-10(17)8-14(18)16(12)13/h3-8,17-18H,1-2H3. The summed E-state index contributed by atoms with van der Waals surface area (Å²) < 4.78 is 10.6. The van der Waals surface area contributed by atoms with Crippen molar-refractivity contribution >= 4 is 21.5 Å². The Bertz CT molecular complexity index is 809. The van der Waals surface area contributed by atoms with Crippen molar-refractivity contribution in [2.24, 2.45) is 0 Å². The molecule has 0 radical (unpaired) electrons. The Morgan fingerprint density at radius 1 is 0.850 bits per heavy atom. The van der Waals surface area contributed by atoms with Gasteiger partial charge in [-0.15, -0.1) is 0 Å². The Kier molecular flexibility index (Phi) is 2.79. The van der Waals surface area contributed by atoms with E-state index in [0.29, 0.717) is 16.5 Å². The highest BCUT2D eigenvalue weighted by Crippen LogP contribution is 2.41. The number of benzene rings is 3. The molecule has 0 unspecified atom stereocenters. The van der Waals surface area contributed by atoms with Crippen LogP contribution in [0.4, 0.5) is 0 Å². The van der Waals surface area contributed by atoms with Crippen molar-refractivity contribution in [3.63, 3.8) is 0 Å². The van der Waals surface area contributed by atoms with Crippen LogP contribution in [0.5, 0.6) is 23.0 Å². The van der Waals surface area contributed by atoms with E-state index in [1.807, 2.05) is 24.3 Å². The van der Waals surface area contributed by atoms with Gasteiger partial charge in [-0.05, 0) is 41.1 Å². The van der Waals surface area contributed by atoms with E-state index >= 15 is 0 Å². The highest BCUT2D eigenvalue weighted by atomic mass is 16.5. The average molecular weight is 270 g/mol. The zero-order valence-electron chi connectivity index (χ0n) is 11.2. The second-order valence-corrected chi connectivity index (χ2v) is 4.55. The topological polar surface area (TPSA) is 58.9 Å². The van der Waals surface area contributed by atoms with Crippen LogP contribution in [0.15, 0.2) is 36.4 Å². The highest BCUT2D eigenvalue weighted by molar-refractivity contribution is 6.13. The van der Waals surface area contributed by atoms with Crippen molar-refractivity contribution in [1.82, 2.24) is 0 Å². The van der Waals surface area contributed by atoms with E-state index in [1.165, 1.54) is 6.07 Å². The molecule has 0 aromatic heterocycles. The van der Waals surface area contributed by atoms with Crippen LogP contribution in [-0.2, 0) is 0 Å². The summed E-state index contributed by atoms with van der Waals surface area (Å²) in [5.41, 5.74) is 0. The number of fused-ring (bicyclic) bond motifs is 3. The van der Waals surface area contributed by atoms with Gasteiger partial charge in [-0.2, -0.15) is 0 Å². The van der Waals surface area contributed by atoms with Gasteiger partial charge in [0.15, 0.2) is 0 Å². The normalized spacial score (nSPS) is 10.9. The summed E-state index contributed by atoms with van der Waals surface area (Å²) in [6.07, 6.45) is 0. The third kappa shape index (κ3) is 1.77. The lowest BCUT2D eigenvalue weighted by molar-refractivity contribution is 0.415. The molecule has 0 saturated carbocycles. The van der Waals surface area contributed by atoms with E-state index in [1.54, 1.807) is 20.3 Å². The van der Waals surface area contributed by atoms with Crippen LogP contribution in [0.25, 0.3) is 21.5 Å². The van der Waals surface area contributed by atoms with Crippen LogP contribution < -0.4 is 9.47 Å². The predicted molar refractivity (Wildman–Crippen MR) is 77.9 cm³/mol. The molecule has 4 nitrogen and oxygen atoms in total. The summed E-state index contributed by atoms with van der Waals surface area (Å²) in [7, 11) is 3.16. The maximum Gasteiger partial charge on any atom is 0.127 e. The Balaban J connectivity index is 2.51. The van der Waals surface area contributed by atoms with Crippen molar-refractivity contribution in [2.45, 2.75) is 0 Å². The number of phenols is 2. The molecule has 0 fully saturated rings. The number of phenolic OH excluding ortho intramolecular Hbond substituents is 2. The zero-order chi connectivity index (χ0) is 14.3. The minimum atomic E-state index is 0.00108. The number of rotatable bonds is 2. The lowest BCUT2D eigenvalue weighted by Gasteiger charge is -2.12. The van der Waals surface area contributed by atoms with Gasteiger partial charge in [-0.25, -0.2) is 0 Å². The maximum absolute atomic E-state index is 10.1. The van der Waals surface area contributed by atoms with Gasteiger partial charge in [0.2, 0.25) is 0 Å². The molecular weight excluding hydrogens is 256 g/mol. The molecule has 0 atom stereocenters. The molecule has 3 aromatic rings. The molecule has 0 aliphatic rings. The van der Waals surface area contributed by atoms with E-state index in [-0.39, 0.29) is 11.5 Å². The number of hydrogen-bond acceptors (Lipinski definition) is 4. The third-order valence-corrected chi connectivity index (χ3v) is 3.40. The summed E-state index contributed by atoms with van der Waals surface area (Å²) in [5.74, 6) is 1.35. The van der Waals surface area contributed by atoms with Gasteiger partial charge in [0.25, 0.3) is 0 Å². The van der Waals surface area contributed by atoms with Gasteiger partial charge < -0.3 is 19.7 Å². The van der Waals surface area contributed by atoms with Crippen molar-refractivity contribution in [2.75, 3.05) is 14.2 Å². The van der Waals surface area contributed by atoms with Crippen molar-refractivity contribution < 1.29 is 19.7 Å². The Hall–Kier alpha value is -2.62. The van der Waals surface area contributed by atoms with E-state index in [0.717, 1.165) is 16.5 Å². The Labute approximate surface area is 115 Å². The van der Waals surface area contributed by atoms with Gasteiger partial charge in [-0.3, -0.25) is 0 Å². The smallest absolute Gasteiger partial charge is 0.127 e. The van der Waals surface area contributed by atoms with Crippen LogP contribution in [0, 0.1) is 0 Å². The molecule has 0 amide bonds. The lowest BCUT2D eigenvalue weighted by atomic mass is 9.99. The quantitative estimate of drug-likeness (QED) is 0.700. The summed E-state index contributed by atoms with van der Waals surface area (Å²) in [4.78, 5) is 0. The van der Waals surface area contributed by atoms with E-state index in [2.05, 4.69) is 0 Å². The molecular formula is C16H14O4. The minimum Gasteiger partial charge on any atom is -0.508 e. The van der Waals surface area contributed by atoms with Crippen LogP contribution in [0.2, 0.25) is 0 Å². The third-order valence-electron chi connectivity index (χ3n) is 3.40. The molecule has 4 heteroatoms. The van der Waals surface area contributed by atoms with Gasteiger partial charge >= 0.3 is 0 Å². The maximum atomic E-state index is 10.1. The number of ether oxygens (including phenoxy) is 2. The van der Waals surface area contributed by atoms with Gasteiger partial charge in [0, 0.05) is 16.8 Å². The van der Waals surface area contributed by atoms with Crippen molar-refractivity contribution in [1.29, 1.82) is 0 Å². The molecule has 0 aliphatic carbocycles. The van der Waals surface area contributed by atoms with Gasteiger partial charge in [-0.1, -0.05) is 0 Å². The fourth-order valence-electron chi connectivity index (χ4n) is 2.49. The van der Waals surface area contributed by atoms with Crippen LogP contribution in [-0.4, -0.2) is 24.4 Å². The second-order valence-electron chi connectivity index (χ2n) is 4.55. The summed E-state index contributed by atoms with van der Waals surface area (Å²) in [5, 5.41) is 22.9. The highest BCUT2D eigenvalue weighted by Gasteiger charge is 2.12. The summed E-state index contributed by atoms with van der Waals surface area (Å²) in [6, 6.07) is 10.4. The molecule has 0 heterocycles. The first-order valence-electron chi connectivity index (χ1n) is 6.14. The first-order chi connectivity index (χ1) is 9.63. The lowest BCUT2D eigenvalue weighted by Crippen LogP contribution is -1.89. The predicted octanol–water partition coefficient (Wildman–Crippen LogP) is 3.42. The second kappa shape index (κ2) is 4.49. The van der Waals surface area contributed by atoms with E-state index in [4.69, 9.17) is 9.47 Å². The summed E-state index contributed by atoms with van der Waals surface area (Å²) in [6.45, 7) is 0. The molecule has 0 aliphatic heterocycles. The number of aromatic hydroxyl groups is 2. The first kappa shape index (κ1) is 12.4. The molecule has 3 aromatic carbocycles. The van der Waals surface area contributed by atoms with Crippen LogP contribution in [0.3, 0.4) is 0 Å². The summed E-state index contributed by atoms with van der Waals surface area (Å²) >= 11 is 0. The molecule has 102 valence electrons. The fourth-order valence-corrected chi connectivity index (χ4v) is 2.49. The zero-order valence-corrected chi connectivity index (χ0v) is 11.2. The van der Waals surface area contributed by atoms with E-state index in [9.17, 15) is 10.2 Å². The van der Waals surface area contributed by atoms with Crippen molar-refractivity contribution in [3.05, 3.63) is 36.4 Å². The molecule has 0 spiro atoms. The number of methoxy groups -OCH3 is 2. The molecule has 0 saturated heterocycles. The number of hydrogen-bond donors (Lipinski definition) is 2. The first-order valence-corrected chi connectivity index (χ1v) is 6.14. The van der Waals surface area contributed by atoms with E-state index < -0.39 is 0 Å². The van der Waals surface area contributed by atoms with Gasteiger partial charge in [0.05, 0.1) is 14.2 Å². The Morgan fingerprint density at radius 3 is 2.35 bits per heavy atom. The molecule has 20 heavy (non-hydrogen) atoms. The fraction of sp³-hybridized carbons (Fsp3) is 0.125. The molecule has 3 rings (SSSR count). The average Bonchev–Trinajstić information content (AvgIpc) is 2.45. The van der Waals surface area contributed by atoms with Crippen molar-refractivity contribution in [3.8, 4) is 23.0 Å². The molecule has 2 N–H and O–H groups in total.